The second-order valence-electron chi connectivity index (χ2n) is 8.16. The fourth-order valence-electron chi connectivity index (χ4n) is 5.42. The maximum atomic E-state index is 5.96. The summed E-state index contributed by atoms with van der Waals surface area (Å²) in [5.74, 6) is 2.18. The molecule has 4 nitrogen and oxygen atoms in total. The third kappa shape index (κ3) is 2.76. The minimum atomic E-state index is 0.310. The maximum Gasteiger partial charge on any atom is 0.126 e. The lowest BCUT2D eigenvalue weighted by atomic mass is 9.72. The Balaban J connectivity index is 1.57. The van der Waals surface area contributed by atoms with Crippen molar-refractivity contribution >= 4 is 34.7 Å². The molecule has 1 aromatic carbocycles. The number of rotatable bonds is 2. The largest absolute Gasteiger partial charge is 0.498 e. The first-order valence-corrected chi connectivity index (χ1v) is 11.3. The van der Waals surface area contributed by atoms with Gasteiger partial charge in [0.1, 0.15) is 5.75 Å². The van der Waals surface area contributed by atoms with Crippen LogP contribution in [-0.4, -0.2) is 42.3 Å². The number of benzene rings is 1. The van der Waals surface area contributed by atoms with Crippen LogP contribution in [0.25, 0.3) is 10.9 Å². The number of ether oxygens (including phenoxy) is 2. The van der Waals surface area contributed by atoms with Crippen LogP contribution in [0.15, 0.2) is 24.0 Å². The van der Waals surface area contributed by atoms with E-state index < -0.39 is 0 Å². The summed E-state index contributed by atoms with van der Waals surface area (Å²) in [6, 6.07) is 4.89. The number of fused-ring (bicyclic) bond motifs is 6. The zero-order valence-electron chi connectivity index (χ0n) is 16.0. The molecule has 1 fully saturated rings. The molecule has 0 saturated carbocycles. The van der Waals surface area contributed by atoms with Crippen molar-refractivity contribution in [1.29, 1.82) is 0 Å². The quantitative estimate of drug-likeness (QED) is 0.783. The highest BCUT2D eigenvalue weighted by molar-refractivity contribution is 7.27. The van der Waals surface area contributed by atoms with Gasteiger partial charge in [0.2, 0.25) is 0 Å². The van der Waals surface area contributed by atoms with Gasteiger partial charge in [-0.1, -0.05) is 0 Å². The van der Waals surface area contributed by atoms with Crippen molar-refractivity contribution in [3.05, 3.63) is 35.2 Å². The first kappa shape index (κ1) is 18.0. The topological polar surface area (TPSA) is 37.5 Å². The summed E-state index contributed by atoms with van der Waals surface area (Å²) < 4.78 is 11.5. The van der Waals surface area contributed by atoms with Crippen LogP contribution in [0.5, 0.6) is 5.75 Å². The molecule has 0 bridgehead atoms. The summed E-state index contributed by atoms with van der Waals surface area (Å²) >= 11 is 0. The molecule has 0 amide bonds. The monoisotopic (exact) mass is 402 g/mol. The molecule has 0 radical (unpaired) electrons. The van der Waals surface area contributed by atoms with E-state index in [1.54, 1.807) is 7.11 Å². The SMILES string of the molecule is COc1cc2c3c([nH]c2cc1P)C1CC2C(CP)=COC(C)C2CN1CC3. The van der Waals surface area contributed by atoms with Crippen LogP contribution in [0.1, 0.15) is 30.6 Å². The van der Waals surface area contributed by atoms with Crippen LogP contribution in [0, 0.1) is 11.8 Å². The average Bonchev–Trinajstić information content (AvgIpc) is 3.04. The first-order valence-electron chi connectivity index (χ1n) is 9.87. The Morgan fingerprint density at radius 3 is 3.00 bits per heavy atom. The third-order valence-corrected chi connectivity index (χ3v) is 7.82. The van der Waals surface area contributed by atoms with Gasteiger partial charge < -0.3 is 14.5 Å². The van der Waals surface area contributed by atoms with Gasteiger partial charge in [-0.25, -0.2) is 0 Å². The van der Waals surface area contributed by atoms with Gasteiger partial charge in [0.05, 0.1) is 25.5 Å². The molecule has 3 aliphatic heterocycles. The Hall–Kier alpha value is -1.08. The molecule has 4 heterocycles. The number of hydrogen-bond donors (Lipinski definition) is 1. The second kappa shape index (κ2) is 6.76. The lowest BCUT2D eigenvalue weighted by Gasteiger charge is -2.49. The van der Waals surface area contributed by atoms with Crippen molar-refractivity contribution in [2.45, 2.75) is 31.9 Å². The van der Waals surface area contributed by atoms with E-state index in [-0.39, 0.29) is 0 Å². The lowest BCUT2D eigenvalue weighted by molar-refractivity contribution is -0.0225. The zero-order chi connectivity index (χ0) is 18.7. The third-order valence-electron chi connectivity index (χ3n) is 6.90. The lowest BCUT2D eigenvalue weighted by Crippen LogP contribution is -2.50. The number of nitrogens with one attached hydrogen (secondary N) is 1. The zero-order valence-corrected chi connectivity index (χ0v) is 18.3. The van der Waals surface area contributed by atoms with Gasteiger partial charge in [-0.05, 0) is 55.1 Å². The molecular weight excluding hydrogens is 374 g/mol. The molecule has 3 aliphatic rings. The number of aromatic amines is 1. The molecule has 0 aliphatic carbocycles. The van der Waals surface area contributed by atoms with E-state index in [0.717, 1.165) is 36.7 Å². The van der Waals surface area contributed by atoms with E-state index in [4.69, 9.17) is 9.47 Å². The van der Waals surface area contributed by atoms with Gasteiger partial charge in [-0.2, -0.15) is 0 Å². The Labute approximate surface area is 165 Å². The molecule has 1 N–H and O–H groups in total. The fraction of sp³-hybridized carbons (Fsp3) is 0.524. The van der Waals surface area contributed by atoms with Crippen LogP contribution in [0.3, 0.4) is 0 Å². The predicted octanol–water partition coefficient (Wildman–Crippen LogP) is 3.39. The molecule has 5 rings (SSSR count). The van der Waals surface area contributed by atoms with Crippen molar-refractivity contribution < 1.29 is 9.47 Å². The van der Waals surface area contributed by atoms with Crippen molar-refractivity contribution in [3.8, 4) is 5.75 Å². The van der Waals surface area contributed by atoms with Crippen LogP contribution >= 0.6 is 18.5 Å². The molecule has 144 valence electrons. The minimum absolute atomic E-state index is 0.310. The molecule has 2 aromatic rings. The number of nitrogens with zero attached hydrogens (tertiary/aromatic N) is 1. The van der Waals surface area contributed by atoms with E-state index in [0.29, 0.717) is 24.0 Å². The fourth-order valence-corrected chi connectivity index (χ4v) is 6.19. The van der Waals surface area contributed by atoms with E-state index in [9.17, 15) is 0 Å². The van der Waals surface area contributed by atoms with Gasteiger partial charge in [0.25, 0.3) is 0 Å². The molecule has 0 spiro atoms. The highest BCUT2D eigenvalue weighted by Gasteiger charge is 2.44. The van der Waals surface area contributed by atoms with Gasteiger partial charge >= 0.3 is 0 Å². The van der Waals surface area contributed by atoms with E-state index in [2.05, 4.69) is 47.4 Å². The van der Waals surface area contributed by atoms with Gasteiger partial charge in [0.15, 0.2) is 0 Å². The molecule has 27 heavy (non-hydrogen) atoms. The molecule has 1 saturated heterocycles. The number of aromatic nitrogens is 1. The van der Waals surface area contributed by atoms with Crippen molar-refractivity contribution in [3.63, 3.8) is 0 Å². The maximum absolute atomic E-state index is 5.96. The molecule has 6 unspecified atom stereocenters. The standard InChI is InChI=1S/C21H28N2O2P2/c1-11-16-8-23-4-3-13-15-6-19(24-2)20(27)7-17(15)22-21(13)18(23)5-14(16)12(10-26)9-25-11/h6-7,9,11,14,16,18,22H,3-5,8,10,26-27H2,1-2H3. The van der Waals surface area contributed by atoms with E-state index >= 15 is 0 Å². The van der Waals surface area contributed by atoms with Crippen LogP contribution in [-0.2, 0) is 11.2 Å². The number of allylic oxidation sites excluding steroid dienone is 1. The first-order chi connectivity index (χ1) is 13.1. The molecule has 6 heteroatoms. The average molecular weight is 402 g/mol. The number of piperidine rings is 1. The summed E-state index contributed by atoms with van der Waals surface area (Å²) in [5, 5.41) is 2.44. The number of H-pyrrole nitrogens is 1. The molecule has 1 aromatic heterocycles. The van der Waals surface area contributed by atoms with Crippen molar-refractivity contribution in [1.82, 2.24) is 9.88 Å². The predicted molar refractivity (Wildman–Crippen MR) is 117 cm³/mol. The smallest absolute Gasteiger partial charge is 0.126 e. The van der Waals surface area contributed by atoms with Crippen molar-refractivity contribution in [2.75, 3.05) is 26.4 Å². The highest BCUT2D eigenvalue weighted by atomic mass is 31.0. The summed E-state index contributed by atoms with van der Waals surface area (Å²) in [5.41, 5.74) is 5.61. The van der Waals surface area contributed by atoms with E-state index in [1.165, 1.54) is 34.2 Å². The summed E-state index contributed by atoms with van der Waals surface area (Å²) in [6.45, 7) is 4.50. The Kier molecular flexibility index (Phi) is 4.50. The van der Waals surface area contributed by atoms with Crippen LogP contribution in [0.2, 0.25) is 0 Å². The normalized spacial score (nSPS) is 30.1. The number of hydrogen-bond acceptors (Lipinski definition) is 3. The summed E-state index contributed by atoms with van der Waals surface area (Å²) in [6.07, 6.45) is 5.64. The summed E-state index contributed by atoms with van der Waals surface area (Å²) in [7, 11) is 7.43. The molecule has 6 atom stereocenters. The Morgan fingerprint density at radius 1 is 1.37 bits per heavy atom. The van der Waals surface area contributed by atoms with Crippen LogP contribution in [0.4, 0.5) is 0 Å². The van der Waals surface area contributed by atoms with Crippen molar-refractivity contribution in [2.24, 2.45) is 11.8 Å². The van der Waals surface area contributed by atoms with Crippen LogP contribution < -0.4 is 10.0 Å². The highest BCUT2D eigenvalue weighted by Crippen LogP contribution is 2.47. The molecular formula is C21H28N2O2P2. The summed E-state index contributed by atoms with van der Waals surface area (Å²) in [4.78, 5) is 6.46. The Morgan fingerprint density at radius 2 is 2.22 bits per heavy atom. The van der Waals surface area contributed by atoms with Gasteiger partial charge in [0, 0.05) is 40.9 Å². The Bertz CT molecular complexity index is 923. The minimum Gasteiger partial charge on any atom is -0.498 e. The van der Waals surface area contributed by atoms with Gasteiger partial charge in [-0.3, -0.25) is 4.90 Å². The van der Waals surface area contributed by atoms with Gasteiger partial charge in [-0.15, -0.1) is 18.5 Å². The van der Waals surface area contributed by atoms with E-state index in [1.807, 2.05) is 6.26 Å². The second-order valence-corrected chi connectivity index (χ2v) is 9.19. The number of methoxy groups -OCH3 is 1.